The van der Waals surface area contributed by atoms with Crippen LogP contribution in [0.4, 0.5) is 4.39 Å². The third kappa shape index (κ3) is 2.28. The molecule has 0 saturated carbocycles. The van der Waals surface area contributed by atoms with E-state index >= 15 is 0 Å². The van der Waals surface area contributed by atoms with Gasteiger partial charge in [-0.15, -0.1) is 0 Å². The summed E-state index contributed by atoms with van der Waals surface area (Å²) < 4.78 is 11.8. The summed E-state index contributed by atoms with van der Waals surface area (Å²) in [5.74, 6) is 0. The van der Waals surface area contributed by atoms with E-state index < -0.39 is 6.17 Å². The topological polar surface area (TPSA) is 49.9 Å². The van der Waals surface area contributed by atoms with Crippen LogP contribution < -0.4 is 5.73 Å². The summed E-state index contributed by atoms with van der Waals surface area (Å²) >= 11 is 0. The van der Waals surface area contributed by atoms with Crippen LogP contribution in [0, 0.1) is 5.41 Å². The van der Waals surface area contributed by atoms with E-state index in [0.29, 0.717) is 0 Å². The van der Waals surface area contributed by atoms with E-state index in [4.69, 9.17) is 11.1 Å². The first-order valence-corrected chi connectivity index (χ1v) is 2.10. The zero-order valence-electron chi connectivity index (χ0n) is 4.24. The molecule has 0 fully saturated rings. The van der Waals surface area contributed by atoms with Crippen LogP contribution in [-0.4, -0.2) is 18.4 Å². The molecule has 0 aliphatic heterocycles. The maximum absolute atomic E-state index is 11.8. The fraction of sp³-hybridized carbons (Fsp3) is 0.750. The van der Waals surface area contributed by atoms with Crippen molar-refractivity contribution in [2.75, 3.05) is 6.54 Å². The maximum atomic E-state index is 11.8. The molecule has 0 aromatic heterocycles. The molecule has 0 rings (SSSR count). The van der Waals surface area contributed by atoms with Gasteiger partial charge in [-0.2, -0.15) is 0 Å². The molecule has 2 nitrogen and oxygen atoms in total. The number of hydrogen-bond donors (Lipinski definition) is 2. The minimum absolute atomic E-state index is 0.0255. The summed E-state index contributed by atoms with van der Waals surface area (Å²) in [5.41, 5.74) is 4.87. The van der Waals surface area contributed by atoms with Crippen molar-refractivity contribution in [3.63, 3.8) is 0 Å². The first-order valence-electron chi connectivity index (χ1n) is 2.10. The van der Waals surface area contributed by atoms with Gasteiger partial charge >= 0.3 is 0 Å². The maximum Gasteiger partial charge on any atom is 0.136 e. The van der Waals surface area contributed by atoms with E-state index in [9.17, 15) is 4.39 Å². The standard InChI is InChI=1S/C4H9FN2/c1-3(5)4(7)2-6/h3,7H,2,6H2,1H3. The first-order chi connectivity index (χ1) is 3.18. The van der Waals surface area contributed by atoms with Crippen LogP contribution in [0.3, 0.4) is 0 Å². The van der Waals surface area contributed by atoms with Crippen LogP contribution in [0.15, 0.2) is 0 Å². The molecule has 0 spiro atoms. The molecule has 1 unspecified atom stereocenters. The number of nitrogens with two attached hydrogens (primary N) is 1. The van der Waals surface area contributed by atoms with Crippen LogP contribution in [-0.2, 0) is 0 Å². The molecule has 0 heterocycles. The molecule has 0 amide bonds. The van der Waals surface area contributed by atoms with Gasteiger partial charge in [0.2, 0.25) is 0 Å². The van der Waals surface area contributed by atoms with Crippen molar-refractivity contribution in [3.8, 4) is 0 Å². The minimum atomic E-state index is -1.18. The molecule has 7 heavy (non-hydrogen) atoms. The third-order valence-electron chi connectivity index (χ3n) is 0.700. The normalized spacial score (nSPS) is 13.6. The lowest BCUT2D eigenvalue weighted by Crippen LogP contribution is -2.20. The molecule has 0 saturated heterocycles. The Bertz CT molecular complexity index is 70.1. The van der Waals surface area contributed by atoms with Crippen molar-refractivity contribution in [1.29, 1.82) is 5.41 Å². The Kier molecular flexibility index (Phi) is 2.52. The van der Waals surface area contributed by atoms with Gasteiger partial charge < -0.3 is 11.1 Å². The number of rotatable bonds is 2. The van der Waals surface area contributed by atoms with Gasteiger partial charge in [0, 0.05) is 6.54 Å². The van der Waals surface area contributed by atoms with E-state index in [1.807, 2.05) is 0 Å². The average Bonchev–Trinajstić information content (AvgIpc) is 1.65. The monoisotopic (exact) mass is 104 g/mol. The number of alkyl halides is 1. The van der Waals surface area contributed by atoms with Crippen LogP contribution in [0.25, 0.3) is 0 Å². The van der Waals surface area contributed by atoms with Crippen molar-refractivity contribution < 1.29 is 4.39 Å². The fourth-order valence-electron chi connectivity index (χ4n) is 0.162. The Morgan fingerprint density at radius 3 is 2.43 bits per heavy atom. The number of halogens is 1. The van der Waals surface area contributed by atoms with Gasteiger partial charge in [-0.05, 0) is 6.92 Å². The fourth-order valence-corrected chi connectivity index (χ4v) is 0.162. The van der Waals surface area contributed by atoms with Gasteiger partial charge in [0.1, 0.15) is 6.17 Å². The third-order valence-corrected chi connectivity index (χ3v) is 0.700. The van der Waals surface area contributed by atoms with Crippen LogP contribution in [0.2, 0.25) is 0 Å². The van der Waals surface area contributed by atoms with Crippen molar-refractivity contribution in [1.82, 2.24) is 0 Å². The molecule has 0 aliphatic rings. The largest absolute Gasteiger partial charge is 0.325 e. The van der Waals surface area contributed by atoms with E-state index in [2.05, 4.69) is 0 Å². The average molecular weight is 104 g/mol. The lowest BCUT2D eigenvalue weighted by Gasteiger charge is -1.96. The number of hydrogen-bond acceptors (Lipinski definition) is 2. The zero-order valence-corrected chi connectivity index (χ0v) is 4.24. The zero-order chi connectivity index (χ0) is 5.86. The molecule has 0 aliphatic carbocycles. The second-order valence-electron chi connectivity index (χ2n) is 1.35. The predicted molar refractivity (Wildman–Crippen MR) is 27.4 cm³/mol. The van der Waals surface area contributed by atoms with Gasteiger partial charge in [0.05, 0.1) is 5.71 Å². The van der Waals surface area contributed by atoms with E-state index in [1.165, 1.54) is 6.92 Å². The Morgan fingerprint density at radius 2 is 2.43 bits per heavy atom. The van der Waals surface area contributed by atoms with Crippen molar-refractivity contribution in [3.05, 3.63) is 0 Å². The molecular formula is C4H9FN2. The molecule has 0 bridgehead atoms. The SMILES string of the molecule is CC(F)C(=N)CN. The quantitative estimate of drug-likeness (QED) is 0.487. The molecule has 42 valence electrons. The highest BCUT2D eigenvalue weighted by Gasteiger charge is 2.00. The molecule has 3 N–H and O–H groups in total. The van der Waals surface area contributed by atoms with E-state index in [-0.39, 0.29) is 12.3 Å². The van der Waals surface area contributed by atoms with Crippen LogP contribution in [0.1, 0.15) is 6.92 Å². The second kappa shape index (κ2) is 2.69. The van der Waals surface area contributed by atoms with Gasteiger partial charge in [-0.25, -0.2) is 4.39 Å². The van der Waals surface area contributed by atoms with Gasteiger partial charge in [0.25, 0.3) is 0 Å². The Balaban J connectivity index is 3.35. The Morgan fingerprint density at radius 1 is 2.00 bits per heavy atom. The van der Waals surface area contributed by atoms with Crippen molar-refractivity contribution >= 4 is 5.71 Å². The highest BCUT2D eigenvalue weighted by molar-refractivity contribution is 5.86. The summed E-state index contributed by atoms with van der Waals surface area (Å²) in [4.78, 5) is 0. The van der Waals surface area contributed by atoms with Gasteiger partial charge in [0.15, 0.2) is 0 Å². The Hall–Kier alpha value is -0.440. The molecule has 0 aromatic rings. The summed E-state index contributed by atoms with van der Waals surface area (Å²) in [5, 5.41) is 6.69. The minimum Gasteiger partial charge on any atom is -0.325 e. The van der Waals surface area contributed by atoms with E-state index in [0.717, 1.165) is 0 Å². The summed E-state index contributed by atoms with van der Waals surface area (Å²) in [6.45, 7) is 1.33. The highest BCUT2D eigenvalue weighted by Crippen LogP contribution is 1.86. The van der Waals surface area contributed by atoms with Crippen molar-refractivity contribution in [2.45, 2.75) is 13.1 Å². The van der Waals surface area contributed by atoms with E-state index in [1.54, 1.807) is 0 Å². The molecule has 0 aromatic carbocycles. The lowest BCUT2D eigenvalue weighted by molar-refractivity contribution is 0.450. The summed E-state index contributed by atoms with van der Waals surface area (Å²) in [6, 6.07) is 0. The first kappa shape index (κ1) is 6.56. The Labute approximate surface area is 42.0 Å². The molecular weight excluding hydrogens is 95.1 g/mol. The number of nitrogens with one attached hydrogen (secondary N) is 1. The van der Waals surface area contributed by atoms with Gasteiger partial charge in [-0.3, -0.25) is 0 Å². The second-order valence-corrected chi connectivity index (χ2v) is 1.35. The summed E-state index contributed by atoms with van der Waals surface area (Å²) in [6.07, 6.45) is -1.18. The van der Waals surface area contributed by atoms with Crippen LogP contribution in [0.5, 0.6) is 0 Å². The predicted octanol–water partition coefficient (Wildman–Crippen LogP) is 0.323. The molecule has 0 radical (unpaired) electrons. The van der Waals surface area contributed by atoms with Gasteiger partial charge in [-0.1, -0.05) is 0 Å². The highest BCUT2D eigenvalue weighted by atomic mass is 19.1. The lowest BCUT2D eigenvalue weighted by atomic mass is 10.3. The smallest absolute Gasteiger partial charge is 0.136 e. The van der Waals surface area contributed by atoms with Crippen LogP contribution >= 0.6 is 0 Å². The molecule has 1 atom stereocenters. The molecule has 3 heteroatoms. The summed E-state index contributed by atoms with van der Waals surface area (Å²) in [7, 11) is 0. The van der Waals surface area contributed by atoms with Crippen molar-refractivity contribution in [2.24, 2.45) is 5.73 Å².